The molecule has 0 rings (SSSR count). The van der Waals surface area contributed by atoms with Crippen molar-refractivity contribution in [3.8, 4) is 0 Å². The van der Waals surface area contributed by atoms with Crippen molar-refractivity contribution in [2.75, 3.05) is 13.2 Å². The molecule has 0 aliphatic heterocycles. The van der Waals surface area contributed by atoms with E-state index in [-0.39, 0.29) is 31.1 Å². The van der Waals surface area contributed by atoms with Crippen LogP contribution >= 0.6 is 0 Å². The molecular weight excluding hydrogens is 829 g/mol. The first kappa shape index (κ1) is 65.4. The van der Waals surface area contributed by atoms with Crippen LogP contribution in [0.3, 0.4) is 0 Å². The normalized spacial score (nSPS) is 12.4. The summed E-state index contributed by atoms with van der Waals surface area (Å²) >= 11 is 0. The van der Waals surface area contributed by atoms with Gasteiger partial charge < -0.3 is 14.2 Å². The maximum Gasteiger partial charge on any atom is 0.306 e. The molecule has 67 heavy (non-hydrogen) atoms. The fourth-order valence-electron chi connectivity index (χ4n) is 9.37. The van der Waals surface area contributed by atoms with Crippen molar-refractivity contribution in [3.63, 3.8) is 0 Å². The molecule has 2 atom stereocenters. The predicted molar refractivity (Wildman–Crippen MR) is 289 cm³/mol. The molecule has 0 aliphatic rings. The standard InChI is InChI=1S/C61H118O6/c1-6-8-9-10-11-12-13-14-15-16-20-24-27-30-33-36-43-48-53-61(64)67-58(55-66-60(63)52-47-42-38-37-40-45-50-57(5)7-2)54-65-59(62)51-46-41-35-32-29-26-23-21-18-17-19-22-25-28-31-34-39-44-49-56(3)4/h56-58H,6-55H2,1-5H3/t57?,58-/m1/s1. The third-order valence-corrected chi connectivity index (χ3v) is 14.3. The monoisotopic (exact) mass is 947 g/mol. The first-order valence-electron chi connectivity index (χ1n) is 30.3. The smallest absolute Gasteiger partial charge is 0.306 e. The number of esters is 3. The third-order valence-electron chi connectivity index (χ3n) is 14.3. The van der Waals surface area contributed by atoms with Crippen molar-refractivity contribution >= 4 is 17.9 Å². The zero-order valence-corrected chi connectivity index (χ0v) is 46.0. The van der Waals surface area contributed by atoms with Crippen LogP contribution in [0.1, 0.15) is 343 Å². The summed E-state index contributed by atoms with van der Waals surface area (Å²) in [6.45, 7) is 11.4. The number of carbonyl (C=O) groups excluding carboxylic acids is 3. The highest BCUT2D eigenvalue weighted by molar-refractivity contribution is 5.71. The van der Waals surface area contributed by atoms with E-state index in [2.05, 4.69) is 34.6 Å². The van der Waals surface area contributed by atoms with Gasteiger partial charge in [-0.1, -0.05) is 304 Å². The van der Waals surface area contributed by atoms with Gasteiger partial charge in [0, 0.05) is 19.3 Å². The Morgan fingerprint density at radius 3 is 0.851 bits per heavy atom. The molecule has 398 valence electrons. The lowest BCUT2D eigenvalue weighted by Gasteiger charge is -2.18. The summed E-state index contributed by atoms with van der Waals surface area (Å²) in [5.41, 5.74) is 0. The zero-order chi connectivity index (χ0) is 48.9. The minimum Gasteiger partial charge on any atom is -0.462 e. The number of hydrogen-bond acceptors (Lipinski definition) is 6. The van der Waals surface area contributed by atoms with Crippen LogP contribution in [0.4, 0.5) is 0 Å². The van der Waals surface area contributed by atoms with Gasteiger partial charge in [-0.05, 0) is 31.1 Å². The molecule has 0 aromatic carbocycles. The highest BCUT2D eigenvalue weighted by atomic mass is 16.6. The van der Waals surface area contributed by atoms with Crippen molar-refractivity contribution < 1.29 is 28.6 Å². The zero-order valence-electron chi connectivity index (χ0n) is 46.0. The van der Waals surface area contributed by atoms with Gasteiger partial charge in [0.1, 0.15) is 13.2 Å². The fourth-order valence-corrected chi connectivity index (χ4v) is 9.37. The lowest BCUT2D eigenvalue weighted by molar-refractivity contribution is -0.167. The van der Waals surface area contributed by atoms with Gasteiger partial charge in [0.25, 0.3) is 0 Å². The van der Waals surface area contributed by atoms with Gasteiger partial charge in [0.05, 0.1) is 0 Å². The number of hydrogen-bond donors (Lipinski definition) is 0. The van der Waals surface area contributed by atoms with Crippen molar-refractivity contribution in [1.82, 2.24) is 0 Å². The second kappa shape index (κ2) is 53.8. The average molecular weight is 948 g/mol. The fraction of sp³-hybridized carbons (Fsp3) is 0.951. The first-order chi connectivity index (χ1) is 32.8. The van der Waals surface area contributed by atoms with E-state index in [0.717, 1.165) is 69.6 Å². The van der Waals surface area contributed by atoms with Gasteiger partial charge in [-0.3, -0.25) is 14.4 Å². The SMILES string of the molecule is CCCCCCCCCCCCCCCCCCCCC(=O)O[C@H](COC(=O)CCCCCCCCCCCCCCCCCCCCC(C)C)COC(=O)CCCCCCCCC(C)CC. The molecule has 0 N–H and O–H groups in total. The summed E-state index contributed by atoms with van der Waals surface area (Å²) < 4.78 is 16.9. The predicted octanol–water partition coefficient (Wildman–Crippen LogP) is 20.0. The molecule has 6 heteroatoms. The van der Waals surface area contributed by atoms with Gasteiger partial charge in [0.15, 0.2) is 6.10 Å². The van der Waals surface area contributed by atoms with Gasteiger partial charge in [-0.15, -0.1) is 0 Å². The Bertz CT molecular complexity index is 1030. The number of unbranched alkanes of at least 4 members (excludes halogenated alkanes) is 39. The van der Waals surface area contributed by atoms with Crippen LogP contribution in [0.2, 0.25) is 0 Å². The number of carbonyl (C=O) groups is 3. The highest BCUT2D eigenvalue weighted by Gasteiger charge is 2.19. The molecule has 0 saturated carbocycles. The van der Waals surface area contributed by atoms with Crippen LogP contribution < -0.4 is 0 Å². The average Bonchev–Trinajstić information content (AvgIpc) is 3.31. The molecular formula is C61H118O6. The lowest BCUT2D eigenvalue weighted by atomic mass is 10.00. The molecule has 0 heterocycles. The van der Waals surface area contributed by atoms with E-state index in [1.165, 1.54) is 231 Å². The summed E-state index contributed by atoms with van der Waals surface area (Å²) in [5, 5.41) is 0. The molecule has 0 aromatic rings. The summed E-state index contributed by atoms with van der Waals surface area (Å²) in [5.74, 6) is 0.833. The highest BCUT2D eigenvalue weighted by Crippen LogP contribution is 2.19. The Balaban J connectivity index is 4.21. The number of rotatable bonds is 55. The van der Waals surface area contributed by atoms with E-state index in [0.29, 0.717) is 19.3 Å². The third kappa shape index (κ3) is 53.6. The second-order valence-electron chi connectivity index (χ2n) is 21.7. The maximum atomic E-state index is 12.9. The van der Waals surface area contributed by atoms with Gasteiger partial charge in [-0.2, -0.15) is 0 Å². The van der Waals surface area contributed by atoms with Gasteiger partial charge in [0.2, 0.25) is 0 Å². The van der Waals surface area contributed by atoms with E-state index >= 15 is 0 Å². The van der Waals surface area contributed by atoms with E-state index < -0.39 is 6.10 Å². The summed E-state index contributed by atoms with van der Waals surface area (Å²) in [4.78, 5) is 38.1. The molecule has 0 radical (unpaired) electrons. The van der Waals surface area contributed by atoms with E-state index in [9.17, 15) is 14.4 Å². The van der Waals surface area contributed by atoms with Gasteiger partial charge in [-0.25, -0.2) is 0 Å². The Hall–Kier alpha value is -1.59. The van der Waals surface area contributed by atoms with Crippen molar-refractivity contribution in [2.24, 2.45) is 11.8 Å². The minimum atomic E-state index is -0.763. The Morgan fingerprint density at radius 1 is 0.313 bits per heavy atom. The summed E-state index contributed by atoms with van der Waals surface area (Å²) in [6.07, 6.45) is 58.2. The molecule has 0 aliphatic carbocycles. The molecule has 0 fully saturated rings. The second-order valence-corrected chi connectivity index (χ2v) is 21.7. The van der Waals surface area contributed by atoms with Crippen LogP contribution in [0.5, 0.6) is 0 Å². The largest absolute Gasteiger partial charge is 0.462 e. The first-order valence-corrected chi connectivity index (χ1v) is 30.3. The van der Waals surface area contributed by atoms with Crippen molar-refractivity contribution in [2.45, 2.75) is 349 Å². The quantitative estimate of drug-likeness (QED) is 0.0343. The number of ether oxygens (including phenoxy) is 3. The molecule has 0 amide bonds. The lowest BCUT2D eigenvalue weighted by Crippen LogP contribution is -2.30. The van der Waals surface area contributed by atoms with Crippen LogP contribution in [0, 0.1) is 11.8 Å². The van der Waals surface area contributed by atoms with E-state index in [1.807, 2.05) is 0 Å². The Kier molecular flexibility index (Phi) is 52.5. The van der Waals surface area contributed by atoms with E-state index in [1.54, 1.807) is 0 Å². The Morgan fingerprint density at radius 2 is 0.567 bits per heavy atom. The van der Waals surface area contributed by atoms with E-state index in [4.69, 9.17) is 14.2 Å². The van der Waals surface area contributed by atoms with Crippen LogP contribution in [0.25, 0.3) is 0 Å². The molecule has 1 unspecified atom stereocenters. The minimum absolute atomic E-state index is 0.0632. The van der Waals surface area contributed by atoms with Crippen molar-refractivity contribution in [1.29, 1.82) is 0 Å². The molecule has 0 spiro atoms. The molecule has 6 nitrogen and oxygen atoms in total. The molecule has 0 saturated heterocycles. The van der Waals surface area contributed by atoms with Crippen LogP contribution in [-0.4, -0.2) is 37.2 Å². The van der Waals surface area contributed by atoms with Crippen molar-refractivity contribution in [3.05, 3.63) is 0 Å². The summed E-state index contributed by atoms with van der Waals surface area (Å²) in [7, 11) is 0. The molecule has 0 bridgehead atoms. The molecule has 0 aromatic heterocycles. The van der Waals surface area contributed by atoms with Crippen LogP contribution in [-0.2, 0) is 28.6 Å². The maximum absolute atomic E-state index is 12.9. The summed E-state index contributed by atoms with van der Waals surface area (Å²) in [6, 6.07) is 0. The van der Waals surface area contributed by atoms with Crippen LogP contribution in [0.15, 0.2) is 0 Å². The topological polar surface area (TPSA) is 78.9 Å². The Labute approximate surface area is 418 Å². The van der Waals surface area contributed by atoms with Gasteiger partial charge >= 0.3 is 17.9 Å².